The monoisotopic (exact) mass is 772 g/mol. The summed E-state index contributed by atoms with van der Waals surface area (Å²) in [5.74, 6) is 0. The molecule has 0 aliphatic heterocycles. The van der Waals surface area contributed by atoms with Gasteiger partial charge >= 0.3 is 0 Å². The van der Waals surface area contributed by atoms with Gasteiger partial charge < -0.3 is 10.3 Å². The summed E-state index contributed by atoms with van der Waals surface area (Å²) in [5, 5.41) is 10.6. The molecule has 0 atom stereocenters. The number of aromatic nitrogens is 1. The maximum atomic E-state index is 5.88. The first kappa shape index (κ1) is 35.9. The lowest BCUT2D eigenvalue weighted by Gasteiger charge is -2.09. The molecule has 0 fully saturated rings. The fourth-order valence-electron chi connectivity index (χ4n) is 8.29. The van der Waals surface area contributed by atoms with E-state index in [1.807, 2.05) is 35.6 Å². The van der Waals surface area contributed by atoms with E-state index in [4.69, 9.17) is 5.73 Å². The lowest BCUT2D eigenvalue weighted by Crippen LogP contribution is -1.93. The van der Waals surface area contributed by atoms with Crippen molar-refractivity contribution in [3.63, 3.8) is 0 Å². The lowest BCUT2D eigenvalue weighted by atomic mass is 9.95. The van der Waals surface area contributed by atoms with E-state index in [1.54, 1.807) is 0 Å². The van der Waals surface area contributed by atoms with Crippen molar-refractivity contribution in [3.05, 3.63) is 231 Å². The lowest BCUT2D eigenvalue weighted by molar-refractivity contribution is 1.19. The van der Waals surface area contributed by atoms with E-state index in [2.05, 4.69) is 211 Å². The highest BCUT2D eigenvalue weighted by atomic mass is 32.1. The van der Waals surface area contributed by atoms with Crippen LogP contribution in [0.5, 0.6) is 0 Å². The summed E-state index contributed by atoms with van der Waals surface area (Å²) in [7, 11) is 0. The largest absolute Gasteiger partial charge is 0.399 e. The van der Waals surface area contributed by atoms with Crippen molar-refractivity contribution in [1.82, 2.24) is 4.57 Å². The van der Waals surface area contributed by atoms with Crippen LogP contribution in [0.2, 0.25) is 0 Å². The number of nitrogen functional groups attached to an aromatic ring is 1. The minimum absolute atomic E-state index is 0.789. The van der Waals surface area contributed by atoms with Gasteiger partial charge in [0.05, 0.1) is 15.7 Å². The Morgan fingerprint density at radius 3 is 1.20 bits per heavy atom. The number of nitrogens with zero attached hydrogens (tertiary/aromatic N) is 1. The third kappa shape index (κ3) is 6.88. The second-order valence-corrected chi connectivity index (χ2v) is 15.7. The van der Waals surface area contributed by atoms with E-state index in [1.165, 1.54) is 91.5 Å². The van der Waals surface area contributed by atoms with Gasteiger partial charge in [0, 0.05) is 26.8 Å². The average Bonchev–Trinajstić information content (AvgIpc) is 3.85. The second-order valence-electron chi connectivity index (χ2n) is 14.7. The number of hydrogen-bond donors (Lipinski definition) is 1. The molecule has 0 saturated carbocycles. The molecule has 0 bridgehead atoms. The normalized spacial score (nSPS) is 11.1. The molecule has 2 N–H and O–H groups in total. The first-order valence-corrected chi connectivity index (χ1v) is 20.8. The molecule has 0 aliphatic rings. The Labute approximate surface area is 347 Å². The number of para-hydroxylation sites is 1. The summed E-state index contributed by atoms with van der Waals surface area (Å²) in [5.41, 5.74) is 15.3. The number of rotatable bonds is 3. The van der Waals surface area contributed by atoms with Crippen LogP contribution < -0.4 is 5.73 Å². The van der Waals surface area contributed by atoms with Gasteiger partial charge in [-0.05, 0) is 97.0 Å². The molecular weight excluding hydrogens is 733 g/mol. The highest BCUT2D eigenvalue weighted by Gasteiger charge is 2.18. The quantitative estimate of drug-likeness (QED) is 0.141. The van der Waals surface area contributed by atoms with Gasteiger partial charge in [0.1, 0.15) is 0 Å². The molecule has 0 saturated heterocycles. The predicted molar refractivity (Wildman–Crippen MR) is 257 cm³/mol. The van der Waals surface area contributed by atoms with Gasteiger partial charge in [0.15, 0.2) is 0 Å². The molecular formula is C56H40N2S. The van der Waals surface area contributed by atoms with Gasteiger partial charge in [0.2, 0.25) is 0 Å². The number of fused-ring (bicyclic) bond motifs is 11. The SMILES string of the molecule is Nc1ccc(-c2ccc3c(c2)c2sc4ccccc4c2n3-c2ccccc2)cc1.c1ccc(-c2ccccc2)cc1.c1ccc2c(c1)c1ccccc1c1ccccc21. The van der Waals surface area contributed by atoms with E-state index >= 15 is 0 Å². The Kier molecular flexibility index (Phi) is 9.63. The molecule has 0 amide bonds. The van der Waals surface area contributed by atoms with Crippen molar-refractivity contribution < 1.29 is 0 Å². The van der Waals surface area contributed by atoms with Crippen LogP contribution >= 0.6 is 11.3 Å². The Morgan fingerprint density at radius 1 is 0.322 bits per heavy atom. The van der Waals surface area contributed by atoms with E-state index in [-0.39, 0.29) is 0 Å². The zero-order chi connectivity index (χ0) is 39.5. The predicted octanol–water partition coefficient (Wildman–Crippen LogP) is 15.7. The topological polar surface area (TPSA) is 30.9 Å². The number of benzene rings is 10. The van der Waals surface area contributed by atoms with Crippen molar-refractivity contribution in [2.75, 3.05) is 5.73 Å². The average molecular weight is 773 g/mol. The first-order valence-electron chi connectivity index (χ1n) is 20.0. The zero-order valence-corrected chi connectivity index (χ0v) is 33.2. The van der Waals surface area contributed by atoms with Gasteiger partial charge in [0.25, 0.3) is 0 Å². The molecule has 12 aromatic rings. The summed E-state index contributed by atoms with van der Waals surface area (Å²) in [6.07, 6.45) is 0. The summed E-state index contributed by atoms with van der Waals surface area (Å²) < 4.78 is 5.06. The highest BCUT2D eigenvalue weighted by Crippen LogP contribution is 2.43. The Morgan fingerprint density at radius 2 is 0.712 bits per heavy atom. The molecule has 0 unspecified atom stereocenters. The smallest absolute Gasteiger partial charge is 0.0727 e. The molecule has 2 nitrogen and oxygen atoms in total. The molecule has 280 valence electrons. The first-order chi connectivity index (χ1) is 29.2. The molecule has 0 aliphatic carbocycles. The van der Waals surface area contributed by atoms with Crippen LogP contribution in [0.1, 0.15) is 0 Å². The number of thiophene rings is 1. The maximum Gasteiger partial charge on any atom is 0.0727 e. The molecule has 12 rings (SSSR count). The fourth-order valence-corrected chi connectivity index (χ4v) is 9.50. The van der Waals surface area contributed by atoms with Gasteiger partial charge in [-0.1, -0.05) is 188 Å². The molecule has 3 heteroatoms. The van der Waals surface area contributed by atoms with Gasteiger partial charge in [-0.3, -0.25) is 0 Å². The third-order valence-electron chi connectivity index (χ3n) is 11.1. The number of anilines is 1. The number of nitrogens with two attached hydrogens (primary N) is 1. The van der Waals surface area contributed by atoms with E-state index < -0.39 is 0 Å². The van der Waals surface area contributed by atoms with Crippen LogP contribution in [0.3, 0.4) is 0 Å². The van der Waals surface area contributed by atoms with Crippen molar-refractivity contribution >= 4 is 80.5 Å². The summed E-state index contributed by atoms with van der Waals surface area (Å²) in [4.78, 5) is 0. The van der Waals surface area contributed by atoms with Crippen LogP contribution in [0, 0.1) is 0 Å². The van der Waals surface area contributed by atoms with Crippen LogP contribution in [0.25, 0.3) is 91.5 Å². The van der Waals surface area contributed by atoms with Gasteiger partial charge in [-0.25, -0.2) is 0 Å². The van der Waals surface area contributed by atoms with Crippen molar-refractivity contribution in [2.45, 2.75) is 0 Å². The maximum absolute atomic E-state index is 5.88. The van der Waals surface area contributed by atoms with Crippen LogP contribution in [0.15, 0.2) is 231 Å². The van der Waals surface area contributed by atoms with Gasteiger partial charge in [-0.15, -0.1) is 11.3 Å². The molecule has 2 aromatic heterocycles. The molecule has 0 radical (unpaired) electrons. The van der Waals surface area contributed by atoms with E-state index in [0.717, 1.165) is 5.69 Å². The summed E-state index contributed by atoms with van der Waals surface area (Å²) in [6.45, 7) is 0. The number of hydrogen-bond acceptors (Lipinski definition) is 2. The fraction of sp³-hybridized carbons (Fsp3) is 0. The standard InChI is InChI=1S/C26H18N2S.C18H12.C12H10/c27-19-13-10-17(11-14-19)18-12-15-23-22(16-18)26-25(21-8-4-5-9-24(21)29-26)28(23)20-6-2-1-3-7-20;1-2-8-14-13(7-1)15-9-3-4-11-17(15)18-12-6-5-10-16(14)18;1-3-7-11(8-4-1)12-9-5-2-6-10-12/h1-16H,27H2;1-12H;1-10H. The minimum Gasteiger partial charge on any atom is -0.399 e. The summed E-state index contributed by atoms with van der Waals surface area (Å²) in [6, 6.07) is 80.9. The molecule has 0 spiro atoms. The third-order valence-corrected chi connectivity index (χ3v) is 12.3. The Hall–Kier alpha value is -7.46. The van der Waals surface area contributed by atoms with Crippen molar-refractivity contribution in [3.8, 4) is 27.9 Å². The Balaban J connectivity index is 0.000000119. The summed E-state index contributed by atoms with van der Waals surface area (Å²) >= 11 is 1.87. The van der Waals surface area contributed by atoms with E-state index in [9.17, 15) is 0 Å². The van der Waals surface area contributed by atoms with Crippen LogP contribution in [-0.2, 0) is 0 Å². The zero-order valence-electron chi connectivity index (χ0n) is 32.4. The van der Waals surface area contributed by atoms with Gasteiger partial charge in [-0.2, -0.15) is 0 Å². The molecule has 59 heavy (non-hydrogen) atoms. The van der Waals surface area contributed by atoms with Crippen LogP contribution in [-0.4, -0.2) is 4.57 Å². The molecule has 10 aromatic carbocycles. The van der Waals surface area contributed by atoms with Crippen molar-refractivity contribution in [1.29, 1.82) is 0 Å². The van der Waals surface area contributed by atoms with Crippen molar-refractivity contribution in [2.24, 2.45) is 0 Å². The minimum atomic E-state index is 0.789. The molecule has 2 heterocycles. The Bertz CT molecular complexity index is 3110. The highest BCUT2D eigenvalue weighted by molar-refractivity contribution is 7.26. The second kappa shape index (κ2) is 15.8. The van der Waals surface area contributed by atoms with E-state index in [0.29, 0.717) is 0 Å². The van der Waals surface area contributed by atoms with Crippen LogP contribution in [0.4, 0.5) is 5.69 Å².